The van der Waals surface area contributed by atoms with Gasteiger partial charge in [-0.05, 0) is 42.3 Å². The number of rotatable bonds is 4. The van der Waals surface area contributed by atoms with Crippen molar-refractivity contribution in [3.63, 3.8) is 0 Å². The van der Waals surface area contributed by atoms with E-state index in [1.807, 2.05) is 36.1 Å². The van der Waals surface area contributed by atoms with Gasteiger partial charge in [0.1, 0.15) is 6.04 Å². The van der Waals surface area contributed by atoms with Gasteiger partial charge < -0.3 is 0 Å². The molecule has 0 amide bonds. The Morgan fingerprint density at radius 3 is 2.23 bits per heavy atom. The molecule has 0 bridgehead atoms. The molecule has 136 valence electrons. The molecule has 3 rings (SSSR count). The molecule has 0 radical (unpaired) electrons. The van der Waals surface area contributed by atoms with Gasteiger partial charge >= 0.3 is 0 Å². The van der Waals surface area contributed by atoms with E-state index in [0.29, 0.717) is 31.2 Å². The van der Waals surface area contributed by atoms with E-state index in [2.05, 4.69) is 6.07 Å². The fraction of sp³-hybridized carbons (Fsp3) is 0.316. The highest BCUT2D eigenvalue weighted by Gasteiger charge is 2.31. The molecular weight excluding hydrogens is 370 g/mol. The van der Waals surface area contributed by atoms with Crippen molar-refractivity contribution >= 4 is 21.6 Å². The molecule has 26 heavy (non-hydrogen) atoms. The van der Waals surface area contributed by atoms with Crippen molar-refractivity contribution in [3.8, 4) is 6.07 Å². The first kappa shape index (κ1) is 18.9. The number of halogens is 1. The number of sulfonamides is 1. The van der Waals surface area contributed by atoms with Gasteiger partial charge in [-0.3, -0.25) is 4.90 Å². The highest BCUT2D eigenvalue weighted by atomic mass is 35.5. The normalized spacial score (nSPS) is 17.6. The van der Waals surface area contributed by atoms with Crippen LogP contribution in [0.15, 0.2) is 53.4 Å². The van der Waals surface area contributed by atoms with Crippen LogP contribution in [-0.4, -0.2) is 43.8 Å². The Labute approximate surface area is 159 Å². The van der Waals surface area contributed by atoms with Gasteiger partial charge in [-0.15, -0.1) is 0 Å². The van der Waals surface area contributed by atoms with Gasteiger partial charge in [0.05, 0.1) is 11.0 Å². The number of hydrogen-bond acceptors (Lipinski definition) is 4. The summed E-state index contributed by atoms with van der Waals surface area (Å²) in [5.74, 6) is 0. The fourth-order valence-electron chi connectivity index (χ4n) is 3.20. The molecule has 0 spiro atoms. The number of aryl methyl sites for hydroxylation is 1. The van der Waals surface area contributed by atoms with Gasteiger partial charge in [0.25, 0.3) is 0 Å². The molecule has 1 heterocycles. The molecule has 0 aliphatic carbocycles. The molecule has 1 saturated heterocycles. The van der Waals surface area contributed by atoms with E-state index >= 15 is 0 Å². The van der Waals surface area contributed by atoms with Crippen LogP contribution in [0.1, 0.15) is 17.2 Å². The molecule has 7 heteroatoms. The molecule has 0 N–H and O–H groups in total. The highest BCUT2D eigenvalue weighted by molar-refractivity contribution is 7.89. The summed E-state index contributed by atoms with van der Waals surface area (Å²) in [4.78, 5) is 2.28. The zero-order valence-electron chi connectivity index (χ0n) is 14.5. The quantitative estimate of drug-likeness (QED) is 0.805. The van der Waals surface area contributed by atoms with E-state index in [0.717, 1.165) is 11.1 Å². The minimum absolute atomic E-state index is 0.242. The van der Waals surface area contributed by atoms with Crippen LogP contribution in [0.4, 0.5) is 0 Å². The monoisotopic (exact) mass is 389 g/mol. The van der Waals surface area contributed by atoms with Crippen molar-refractivity contribution in [2.45, 2.75) is 17.9 Å². The van der Waals surface area contributed by atoms with Gasteiger partial charge in [-0.1, -0.05) is 35.9 Å². The summed E-state index contributed by atoms with van der Waals surface area (Å²) < 4.78 is 27.0. The molecule has 0 aromatic heterocycles. The van der Waals surface area contributed by atoms with Crippen LogP contribution >= 0.6 is 11.6 Å². The zero-order valence-corrected chi connectivity index (χ0v) is 16.0. The third-order valence-electron chi connectivity index (χ3n) is 4.70. The van der Waals surface area contributed by atoms with Crippen molar-refractivity contribution in [2.75, 3.05) is 26.2 Å². The Bertz CT molecular complexity index is 915. The summed E-state index contributed by atoms with van der Waals surface area (Å²) in [5, 5.41) is 10.2. The molecule has 5 nitrogen and oxygen atoms in total. The smallest absolute Gasteiger partial charge is 0.243 e. The molecule has 2 aromatic carbocycles. The second-order valence-corrected chi connectivity index (χ2v) is 8.66. The van der Waals surface area contributed by atoms with Crippen LogP contribution in [0.2, 0.25) is 5.02 Å². The zero-order chi connectivity index (χ0) is 18.7. The molecular formula is C19H20ClN3O2S. The Hall–Kier alpha value is -1.91. The predicted molar refractivity (Wildman–Crippen MR) is 101 cm³/mol. The first-order valence-corrected chi connectivity index (χ1v) is 10.2. The molecule has 2 aromatic rings. The maximum atomic E-state index is 12.8. The van der Waals surface area contributed by atoms with Crippen LogP contribution in [0.25, 0.3) is 0 Å². The summed E-state index contributed by atoms with van der Waals surface area (Å²) in [5.41, 5.74) is 2.04. The SMILES string of the molecule is Cc1ccccc1C(C#N)N1CCN(S(=O)(=O)c2ccc(Cl)cc2)CC1. The standard InChI is InChI=1S/C19H20ClN3O2S/c1-15-4-2-3-5-18(15)19(14-21)22-10-12-23(13-11-22)26(24,25)17-8-6-16(20)7-9-17/h2-9,19H,10-13H2,1H3. The minimum Gasteiger partial charge on any atom is -0.282 e. The summed E-state index contributed by atoms with van der Waals surface area (Å²) in [6.07, 6.45) is 0. The maximum absolute atomic E-state index is 12.8. The van der Waals surface area contributed by atoms with E-state index in [9.17, 15) is 13.7 Å². The largest absolute Gasteiger partial charge is 0.282 e. The molecule has 1 aliphatic heterocycles. The molecule has 0 saturated carbocycles. The van der Waals surface area contributed by atoms with Crippen molar-refractivity contribution < 1.29 is 8.42 Å². The first-order chi connectivity index (χ1) is 12.4. The van der Waals surface area contributed by atoms with Crippen molar-refractivity contribution in [3.05, 3.63) is 64.7 Å². The molecule has 1 aliphatic rings. The van der Waals surface area contributed by atoms with E-state index in [-0.39, 0.29) is 10.9 Å². The predicted octanol–water partition coefficient (Wildman–Crippen LogP) is 3.22. The lowest BCUT2D eigenvalue weighted by Crippen LogP contribution is -2.49. The highest BCUT2D eigenvalue weighted by Crippen LogP contribution is 2.26. The fourth-order valence-corrected chi connectivity index (χ4v) is 4.75. The van der Waals surface area contributed by atoms with Crippen LogP contribution in [0.5, 0.6) is 0 Å². The topological polar surface area (TPSA) is 64.4 Å². The average Bonchev–Trinajstić information content (AvgIpc) is 2.65. The summed E-state index contributed by atoms with van der Waals surface area (Å²) in [6.45, 7) is 3.73. The van der Waals surface area contributed by atoms with E-state index in [1.54, 1.807) is 12.1 Å². The molecule has 1 fully saturated rings. The lowest BCUT2D eigenvalue weighted by molar-refractivity contribution is 0.162. The van der Waals surface area contributed by atoms with E-state index in [4.69, 9.17) is 11.6 Å². The Morgan fingerprint density at radius 2 is 1.65 bits per heavy atom. The summed E-state index contributed by atoms with van der Waals surface area (Å²) in [6, 6.07) is 16.0. The molecule has 1 unspecified atom stereocenters. The third-order valence-corrected chi connectivity index (χ3v) is 6.86. The third kappa shape index (κ3) is 3.76. The Morgan fingerprint density at radius 1 is 1.04 bits per heavy atom. The van der Waals surface area contributed by atoms with Crippen molar-refractivity contribution in [1.29, 1.82) is 5.26 Å². The summed E-state index contributed by atoms with van der Waals surface area (Å²) >= 11 is 5.84. The van der Waals surface area contributed by atoms with Gasteiger partial charge in [0.2, 0.25) is 10.0 Å². The second-order valence-electron chi connectivity index (χ2n) is 6.28. The summed E-state index contributed by atoms with van der Waals surface area (Å²) in [7, 11) is -3.54. The van der Waals surface area contributed by atoms with Gasteiger partial charge in [0.15, 0.2) is 0 Å². The average molecular weight is 390 g/mol. The number of nitrogens with zero attached hydrogens (tertiary/aromatic N) is 3. The van der Waals surface area contributed by atoms with Gasteiger partial charge in [0, 0.05) is 31.2 Å². The van der Waals surface area contributed by atoms with Crippen LogP contribution < -0.4 is 0 Å². The number of piperazine rings is 1. The Balaban J connectivity index is 1.73. The lowest BCUT2D eigenvalue weighted by Gasteiger charge is -2.36. The number of hydrogen-bond donors (Lipinski definition) is 0. The van der Waals surface area contributed by atoms with Crippen LogP contribution in [0.3, 0.4) is 0 Å². The van der Waals surface area contributed by atoms with Crippen LogP contribution in [-0.2, 0) is 10.0 Å². The van der Waals surface area contributed by atoms with Crippen LogP contribution in [0, 0.1) is 18.3 Å². The number of nitriles is 1. The minimum atomic E-state index is -3.54. The Kier molecular flexibility index (Phi) is 5.64. The molecule has 1 atom stereocenters. The van der Waals surface area contributed by atoms with E-state index in [1.165, 1.54) is 16.4 Å². The van der Waals surface area contributed by atoms with Gasteiger partial charge in [-0.25, -0.2) is 8.42 Å². The second kappa shape index (κ2) is 7.77. The first-order valence-electron chi connectivity index (χ1n) is 8.38. The number of benzene rings is 2. The lowest BCUT2D eigenvalue weighted by atomic mass is 10.0. The van der Waals surface area contributed by atoms with Gasteiger partial charge in [-0.2, -0.15) is 9.57 Å². The van der Waals surface area contributed by atoms with Crippen molar-refractivity contribution in [2.24, 2.45) is 0 Å². The van der Waals surface area contributed by atoms with Crippen molar-refractivity contribution in [1.82, 2.24) is 9.21 Å². The maximum Gasteiger partial charge on any atom is 0.243 e. The van der Waals surface area contributed by atoms with E-state index < -0.39 is 10.0 Å².